The third kappa shape index (κ3) is 2.68. The molecule has 2 rings (SSSR count). The van der Waals surface area contributed by atoms with Crippen LogP contribution >= 0.6 is 0 Å². The van der Waals surface area contributed by atoms with E-state index in [1.165, 1.54) is 17.5 Å². The van der Waals surface area contributed by atoms with E-state index >= 15 is 0 Å². The van der Waals surface area contributed by atoms with Gasteiger partial charge in [0.15, 0.2) is 0 Å². The van der Waals surface area contributed by atoms with Crippen LogP contribution in [-0.4, -0.2) is 7.11 Å². The van der Waals surface area contributed by atoms with Crippen LogP contribution in [0.1, 0.15) is 18.9 Å². The Hall–Kier alpha value is -1.76. The van der Waals surface area contributed by atoms with E-state index in [0.29, 0.717) is 0 Å². The largest absolute Gasteiger partial charge is 0.496 e. The second-order valence-corrected chi connectivity index (χ2v) is 4.07. The highest BCUT2D eigenvalue weighted by Gasteiger charge is 2.04. The van der Waals surface area contributed by atoms with E-state index in [0.717, 1.165) is 17.7 Å². The van der Waals surface area contributed by atoms with Gasteiger partial charge < -0.3 is 4.74 Å². The van der Waals surface area contributed by atoms with Crippen molar-refractivity contribution in [3.63, 3.8) is 0 Å². The zero-order valence-electron chi connectivity index (χ0n) is 10.4. The van der Waals surface area contributed by atoms with E-state index in [1.54, 1.807) is 7.11 Å². The highest BCUT2D eigenvalue weighted by atomic mass is 16.5. The standard InChI is InChI=1S/C16H17O/c1-3-6-13-9-11-14(12-10-13)15-7-4-5-8-16(15)17-2/h4,7-12H,3,6H2,1-2H3. The molecule has 1 radical (unpaired) electrons. The Bertz CT molecular complexity index is 471. The van der Waals surface area contributed by atoms with E-state index in [1.807, 2.05) is 18.2 Å². The molecule has 0 unspecified atom stereocenters. The molecule has 0 amide bonds. The van der Waals surface area contributed by atoms with Gasteiger partial charge in [0.05, 0.1) is 7.11 Å². The average molecular weight is 225 g/mol. The summed E-state index contributed by atoms with van der Waals surface area (Å²) in [4.78, 5) is 0. The Kier molecular flexibility index (Phi) is 3.81. The average Bonchev–Trinajstić information content (AvgIpc) is 2.40. The van der Waals surface area contributed by atoms with Crippen molar-refractivity contribution in [3.8, 4) is 16.9 Å². The molecule has 2 aromatic rings. The smallest absolute Gasteiger partial charge is 0.127 e. The van der Waals surface area contributed by atoms with E-state index in [4.69, 9.17) is 4.74 Å². The third-order valence-corrected chi connectivity index (χ3v) is 2.85. The second kappa shape index (κ2) is 5.53. The molecule has 0 N–H and O–H groups in total. The van der Waals surface area contributed by atoms with Crippen molar-refractivity contribution in [2.45, 2.75) is 19.8 Å². The van der Waals surface area contributed by atoms with Gasteiger partial charge in [-0.1, -0.05) is 49.7 Å². The molecular weight excluding hydrogens is 208 g/mol. The molecule has 17 heavy (non-hydrogen) atoms. The minimum Gasteiger partial charge on any atom is -0.496 e. The number of methoxy groups -OCH3 is 1. The first-order valence-corrected chi connectivity index (χ1v) is 5.98. The number of hydrogen-bond acceptors (Lipinski definition) is 1. The maximum absolute atomic E-state index is 5.35. The first kappa shape index (κ1) is 11.7. The molecule has 0 atom stereocenters. The van der Waals surface area contributed by atoms with Gasteiger partial charge in [-0.15, -0.1) is 0 Å². The quantitative estimate of drug-likeness (QED) is 0.760. The van der Waals surface area contributed by atoms with Crippen molar-refractivity contribution >= 4 is 0 Å². The second-order valence-electron chi connectivity index (χ2n) is 4.07. The SMILES string of the molecule is CCCc1ccc(-c2cc[c]cc2OC)cc1. The fourth-order valence-corrected chi connectivity index (χ4v) is 1.96. The van der Waals surface area contributed by atoms with Crippen molar-refractivity contribution in [1.82, 2.24) is 0 Å². The summed E-state index contributed by atoms with van der Waals surface area (Å²) in [6, 6.07) is 17.5. The zero-order chi connectivity index (χ0) is 12.1. The molecular formula is C16H17O. The Morgan fingerprint density at radius 3 is 2.53 bits per heavy atom. The summed E-state index contributed by atoms with van der Waals surface area (Å²) in [5, 5.41) is 0. The molecule has 0 spiro atoms. The first-order chi connectivity index (χ1) is 8.35. The maximum atomic E-state index is 5.35. The van der Waals surface area contributed by atoms with Gasteiger partial charge in [-0.25, -0.2) is 0 Å². The fraction of sp³-hybridized carbons (Fsp3) is 0.250. The Labute approximate surface area is 103 Å². The molecule has 1 nitrogen and oxygen atoms in total. The Balaban J connectivity index is 2.33. The van der Waals surface area contributed by atoms with E-state index in [9.17, 15) is 0 Å². The predicted molar refractivity (Wildman–Crippen MR) is 71.3 cm³/mol. The van der Waals surface area contributed by atoms with Gasteiger partial charge in [0.25, 0.3) is 0 Å². The molecule has 0 heterocycles. The minimum atomic E-state index is 0.871. The summed E-state index contributed by atoms with van der Waals surface area (Å²) in [5.41, 5.74) is 3.70. The van der Waals surface area contributed by atoms with E-state index in [2.05, 4.69) is 37.3 Å². The molecule has 87 valence electrons. The van der Waals surface area contributed by atoms with Gasteiger partial charge in [0, 0.05) is 5.56 Å². The maximum Gasteiger partial charge on any atom is 0.127 e. The van der Waals surface area contributed by atoms with Crippen LogP contribution in [0.2, 0.25) is 0 Å². The van der Waals surface area contributed by atoms with Gasteiger partial charge in [-0.05, 0) is 29.7 Å². The number of benzene rings is 2. The van der Waals surface area contributed by atoms with Crippen molar-refractivity contribution in [2.75, 3.05) is 7.11 Å². The van der Waals surface area contributed by atoms with Crippen molar-refractivity contribution in [2.24, 2.45) is 0 Å². The van der Waals surface area contributed by atoms with Gasteiger partial charge in [-0.3, -0.25) is 0 Å². The third-order valence-electron chi connectivity index (χ3n) is 2.85. The van der Waals surface area contributed by atoms with Crippen molar-refractivity contribution in [3.05, 3.63) is 54.1 Å². The van der Waals surface area contributed by atoms with Crippen LogP contribution in [0, 0.1) is 6.07 Å². The van der Waals surface area contributed by atoms with E-state index < -0.39 is 0 Å². The highest BCUT2D eigenvalue weighted by molar-refractivity contribution is 5.70. The highest BCUT2D eigenvalue weighted by Crippen LogP contribution is 2.29. The van der Waals surface area contributed by atoms with Crippen molar-refractivity contribution < 1.29 is 4.74 Å². The van der Waals surface area contributed by atoms with Gasteiger partial charge in [-0.2, -0.15) is 0 Å². The van der Waals surface area contributed by atoms with Crippen LogP contribution in [0.3, 0.4) is 0 Å². The molecule has 1 heteroatoms. The fourth-order valence-electron chi connectivity index (χ4n) is 1.96. The number of hydrogen-bond donors (Lipinski definition) is 0. The summed E-state index contributed by atoms with van der Waals surface area (Å²) >= 11 is 0. The lowest BCUT2D eigenvalue weighted by Gasteiger charge is -2.08. The number of rotatable bonds is 4. The van der Waals surface area contributed by atoms with Crippen LogP contribution < -0.4 is 4.74 Å². The van der Waals surface area contributed by atoms with Crippen LogP contribution in [0.4, 0.5) is 0 Å². The molecule has 2 aromatic carbocycles. The molecule has 0 aliphatic rings. The molecule has 0 saturated carbocycles. The van der Waals surface area contributed by atoms with Gasteiger partial charge in [0.1, 0.15) is 5.75 Å². The topological polar surface area (TPSA) is 9.23 Å². The summed E-state index contributed by atoms with van der Waals surface area (Å²) in [7, 11) is 1.69. The van der Waals surface area contributed by atoms with Crippen LogP contribution in [0.15, 0.2) is 42.5 Å². The first-order valence-electron chi connectivity index (χ1n) is 5.98. The van der Waals surface area contributed by atoms with Crippen LogP contribution in [0.25, 0.3) is 11.1 Å². The summed E-state index contributed by atoms with van der Waals surface area (Å²) in [5.74, 6) is 0.871. The van der Waals surface area contributed by atoms with Crippen LogP contribution in [0.5, 0.6) is 5.75 Å². The minimum absolute atomic E-state index is 0.871. The zero-order valence-corrected chi connectivity index (χ0v) is 10.4. The summed E-state index contributed by atoms with van der Waals surface area (Å²) < 4.78 is 5.35. The van der Waals surface area contributed by atoms with Crippen molar-refractivity contribution in [1.29, 1.82) is 0 Å². The van der Waals surface area contributed by atoms with Gasteiger partial charge >= 0.3 is 0 Å². The molecule has 0 fully saturated rings. The normalized spacial score (nSPS) is 10.2. The lowest BCUT2D eigenvalue weighted by Crippen LogP contribution is -1.88. The van der Waals surface area contributed by atoms with Crippen LogP contribution in [-0.2, 0) is 6.42 Å². The lowest BCUT2D eigenvalue weighted by molar-refractivity contribution is 0.416. The monoisotopic (exact) mass is 225 g/mol. The summed E-state index contributed by atoms with van der Waals surface area (Å²) in [6.07, 6.45) is 2.32. The molecule has 0 aliphatic heterocycles. The molecule has 0 aromatic heterocycles. The van der Waals surface area contributed by atoms with Gasteiger partial charge in [0.2, 0.25) is 0 Å². The Morgan fingerprint density at radius 1 is 1.12 bits per heavy atom. The van der Waals surface area contributed by atoms with E-state index in [-0.39, 0.29) is 0 Å². The molecule has 0 bridgehead atoms. The lowest BCUT2D eigenvalue weighted by atomic mass is 10.0. The molecule has 0 aliphatic carbocycles. The number of aryl methyl sites for hydroxylation is 1. The summed E-state index contributed by atoms with van der Waals surface area (Å²) in [6.45, 7) is 2.20. The predicted octanol–water partition coefficient (Wildman–Crippen LogP) is 4.11. The molecule has 0 saturated heterocycles. The Morgan fingerprint density at radius 2 is 1.88 bits per heavy atom. The number of ether oxygens (including phenoxy) is 1.